The van der Waals surface area contributed by atoms with Crippen LogP contribution in [0.1, 0.15) is 18.4 Å². The SMILES string of the molecule is COc1ccc(N2C(=O)C3C4CCCN4C4(C(=O)Nc5ccc(Br)cc54)C3C2=O)cc1. The summed E-state index contributed by atoms with van der Waals surface area (Å²) in [6.07, 6.45) is 1.70. The number of nitrogens with one attached hydrogen (secondary N) is 1. The number of rotatable bonds is 2. The van der Waals surface area contributed by atoms with Crippen LogP contribution in [0.5, 0.6) is 5.75 Å². The number of methoxy groups -OCH3 is 1. The van der Waals surface area contributed by atoms with Crippen molar-refractivity contribution in [2.75, 3.05) is 23.9 Å². The van der Waals surface area contributed by atoms with Crippen LogP contribution in [-0.4, -0.2) is 42.3 Å². The van der Waals surface area contributed by atoms with Gasteiger partial charge in [0.1, 0.15) is 11.3 Å². The topological polar surface area (TPSA) is 79.0 Å². The van der Waals surface area contributed by atoms with Crippen LogP contribution in [0.3, 0.4) is 0 Å². The molecule has 0 aliphatic carbocycles. The molecule has 0 bridgehead atoms. The largest absolute Gasteiger partial charge is 0.497 e. The number of carbonyl (C=O) groups is 3. The van der Waals surface area contributed by atoms with E-state index >= 15 is 0 Å². The number of nitrogens with zero attached hydrogens (tertiary/aromatic N) is 2. The minimum atomic E-state index is -1.15. The fraction of sp³-hybridized carbons (Fsp3) is 0.348. The van der Waals surface area contributed by atoms with E-state index < -0.39 is 17.4 Å². The predicted octanol–water partition coefficient (Wildman–Crippen LogP) is 2.89. The predicted molar refractivity (Wildman–Crippen MR) is 117 cm³/mol. The number of halogens is 1. The van der Waals surface area contributed by atoms with Crippen molar-refractivity contribution in [2.45, 2.75) is 24.4 Å². The molecule has 2 aromatic rings. The Morgan fingerprint density at radius 3 is 2.61 bits per heavy atom. The van der Waals surface area contributed by atoms with Crippen molar-refractivity contribution >= 4 is 45.0 Å². The van der Waals surface area contributed by atoms with Gasteiger partial charge in [0.25, 0.3) is 0 Å². The Morgan fingerprint density at radius 1 is 1.10 bits per heavy atom. The van der Waals surface area contributed by atoms with Crippen molar-refractivity contribution in [2.24, 2.45) is 11.8 Å². The molecule has 0 saturated carbocycles. The third-order valence-corrected chi connectivity index (χ3v) is 7.78. The van der Waals surface area contributed by atoms with Crippen LogP contribution in [0.25, 0.3) is 0 Å². The summed E-state index contributed by atoms with van der Waals surface area (Å²) in [5.41, 5.74) is 0.850. The molecular weight excluding hydrogens is 462 g/mol. The first kappa shape index (κ1) is 19.0. The molecule has 158 valence electrons. The van der Waals surface area contributed by atoms with Gasteiger partial charge in [-0.15, -0.1) is 0 Å². The minimum Gasteiger partial charge on any atom is -0.497 e. The van der Waals surface area contributed by atoms with E-state index in [1.165, 1.54) is 4.90 Å². The van der Waals surface area contributed by atoms with Gasteiger partial charge in [-0.2, -0.15) is 0 Å². The molecule has 7 nitrogen and oxygen atoms in total. The van der Waals surface area contributed by atoms with E-state index in [2.05, 4.69) is 26.1 Å². The smallest absolute Gasteiger partial charge is 0.250 e. The summed E-state index contributed by atoms with van der Waals surface area (Å²) in [6, 6.07) is 12.4. The van der Waals surface area contributed by atoms with Gasteiger partial charge in [-0.05, 0) is 61.9 Å². The summed E-state index contributed by atoms with van der Waals surface area (Å²) in [4.78, 5) is 44.4. The monoisotopic (exact) mass is 481 g/mol. The molecule has 0 radical (unpaired) electrons. The molecule has 2 aromatic carbocycles. The standard InChI is InChI=1S/C23H20BrN3O4/c1-31-14-7-5-13(6-8-14)27-20(28)18-17-3-2-10-26(17)23(19(18)21(27)29)15-11-12(24)4-9-16(15)25-22(23)30/h4-9,11,17-19H,2-3,10H2,1H3,(H,25,30). The molecule has 6 rings (SSSR count). The van der Waals surface area contributed by atoms with Crippen molar-refractivity contribution < 1.29 is 19.1 Å². The van der Waals surface area contributed by atoms with Crippen molar-refractivity contribution in [1.29, 1.82) is 0 Å². The normalized spacial score (nSPS) is 31.2. The maximum Gasteiger partial charge on any atom is 0.250 e. The van der Waals surface area contributed by atoms with Gasteiger partial charge in [-0.1, -0.05) is 15.9 Å². The summed E-state index contributed by atoms with van der Waals surface area (Å²) >= 11 is 3.52. The van der Waals surface area contributed by atoms with Crippen molar-refractivity contribution in [3.8, 4) is 5.75 Å². The highest BCUT2D eigenvalue weighted by atomic mass is 79.9. The Balaban J connectivity index is 1.53. The lowest BCUT2D eigenvalue weighted by molar-refractivity contribution is -0.135. The van der Waals surface area contributed by atoms with Crippen LogP contribution in [0, 0.1) is 11.8 Å². The number of hydrogen-bond acceptors (Lipinski definition) is 5. The Hall–Kier alpha value is -2.71. The van der Waals surface area contributed by atoms with Crippen LogP contribution in [0.2, 0.25) is 0 Å². The Bertz CT molecular complexity index is 1150. The first-order chi connectivity index (χ1) is 15.0. The quantitative estimate of drug-likeness (QED) is 0.667. The van der Waals surface area contributed by atoms with Gasteiger partial charge in [0.15, 0.2) is 0 Å². The van der Waals surface area contributed by atoms with Crippen LogP contribution >= 0.6 is 15.9 Å². The maximum absolute atomic E-state index is 13.8. The maximum atomic E-state index is 13.8. The van der Waals surface area contributed by atoms with E-state index in [1.807, 2.05) is 18.2 Å². The molecule has 4 heterocycles. The zero-order chi connectivity index (χ0) is 21.5. The third kappa shape index (κ3) is 2.24. The number of carbonyl (C=O) groups excluding carboxylic acids is 3. The van der Waals surface area contributed by atoms with Crippen molar-refractivity contribution in [3.63, 3.8) is 0 Å². The van der Waals surface area contributed by atoms with E-state index in [0.29, 0.717) is 23.7 Å². The summed E-state index contributed by atoms with van der Waals surface area (Å²) in [5.74, 6) is -1.37. The molecule has 3 amide bonds. The molecule has 0 aromatic heterocycles. The summed E-state index contributed by atoms with van der Waals surface area (Å²) < 4.78 is 6.04. The minimum absolute atomic E-state index is 0.125. The highest BCUT2D eigenvalue weighted by molar-refractivity contribution is 9.10. The Labute approximate surface area is 187 Å². The van der Waals surface area contributed by atoms with Crippen molar-refractivity contribution in [1.82, 2.24) is 4.90 Å². The molecule has 4 atom stereocenters. The number of anilines is 2. The number of fused-ring (bicyclic) bond motifs is 7. The highest BCUT2D eigenvalue weighted by Gasteiger charge is 2.74. The zero-order valence-corrected chi connectivity index (χ0v) is 18.4. The molecule has 1 spiro atoms. The second-order valence-electron chi connectivity index (χ2n) is 8.53. The molecule has 3 saturated heterocycles. The average Bonchev–Trinajstić information content (AvgIpc) is 3.47. The zero-order valence-electron chi connectivity index (χ0n) is 16.8. The molecule has 4 aliphatic heterocycles. The Morgan fingerprint density at radius 2 is 1.87 bits per heavy atom. The van der Waals surface area contributed by atoms with Gasteiger partial charge in [-0.25, -0.2) is 4.90 Å². The van der Waals surface area contributed by atoms with E-state index in [4.69, 9.17) is 4.74 Å². The molecule has 1 N–H and O–H groups in total. The van der Waals surface area contributed by atoms with Gasteiger partial charge in [-0.3, -0.25) is 19.3 Å². The summed E-state index contributed by atoms with van der Waals surface area (Å²) in [6.45, 7) is 0.695. The number of amides is 3. The van der Waals surface area contributed by atoms with E-state index in [0.717, 1.165) is 22.9 Å². The van der Waals surface area contributed by atoms with E-state index in [-0.39, 0.29) is 23.8 Å². The first-order valence-electron chi connectivity index (χ1n) is 10.4. The van der Waals surface area contributed by atoms with Gasteiger partial charge in [0.05, 0.1) is 24.6 Å². The van der Waals surface area contributed by atoms with Gasteiger partial charge in [0, 0.05) is 21.8 Å². The summed E-state index contributed by atoms with van der Waals surface area (Å²) in [5, 5.41) is 2.99. The molecular formula is C23H20BrN3O4. The fourth-order valence-electron chi connectivity index (χ4n) is 6.16. The number of benzene rings is 2. The molecule has 4 aliphatic rings. The van der Waals surface area contributed by atoms with Crippen LogP contribution < -0.4 is 15.0 Å². The average molecular weight is 482 g/mol. The fourth-order valence-corrected chi connectivity index (χ4v) is 6.52. The molecule has 3 fully saturated rings. The second kappa shape index (κ2) is 6.40. The lowest BCUT2D eigenvalue weighted by Gasteiger charge is -2.36. The highest BCUT2D eigenvalue weighted by Crippen LogP contribution is 2.60. The molecule has 31 heavy (non-hydrogen) atoms. The van der Waals surface area contributed by atoms with Crippen LogP contribution in [0.15, 0.2) is 46.9 Å². The van der Waals surface area contributed by atoms with E-state index in [1.54, 1.807) is 31.4 Å². The lowest BCUT2D eigenvalue weighted by atomic mass is 9.75. The lowest BCUT2D eigenvalue weighted by Crippen LogP contribution is -2.54. The molecule has 4 unspecified atom stereocenters. The summed E-state index contributed by atoms with van der Waals surface area (Å²) in [7, 11) is 1.57. The number of hydrogen-bond donors (Lipinski definition) is 1. The van der Waals surface area contributed by atoms with Crippen LogP contribution in [-0.2, 0) is 19.9 Å². The van der Waals surface area contributed by atoms with Gasteiger partial charge in [0.2, 0.25) is 17.7 Å². The van der Waals surface area contributed by atoms with Crippen LogP contribution in [0.4, 0.5) is 11.4 Å². The van der Waals surface area contributed by atoms with Gasteiger partial charge >= 0.3 is 0 Å². The Kier molecular flexibility index (Phi) is 3.92. The van der Waals surface area contributed by atoms with Crippen molar-refractivity contribution in [3.05, 3.63) is 52.5 Å². The second-order valence-corrected chi connectivity index (χ2v) is 9.44. The first-order valence-corrected chi connectivity index (χ1v) is 11.2. The third-order valence-electron chi connectivity index (χ3n) is 7.29. The molecule has 8 heteroatoms. The van der Waals surface area contributed by atoms with E-state index in [9.17, 15) is 14.4 Å². The van der Waals surface area contributed by atoms with Gasteiger partial charge < -0.3 is 10.1 Å². The number of imide groups is 1. The number of ether oxygens (including phenoxy) is 1.